The molecule has 78 heavy (non-hydrogen) atoms. The molecule has 12 aromatic rings. The molecule has 0 bridgehead atoms. The van der Waals surface area contributed by atoms with Gasteiger partial charge in [-0.3, -0.25) is 0 Å². The number of alkyl halides is 6. The zero-order valence-electron chi connectivity index (χ0n) is 41.4. The molecule has 382 valence electrons. The van der Waals surface area contributed by atoms with Crippen LogP contribution in [0.15, 0.2) is 206 Å². The quantitative estimate of drug-likeness (QED) is 0.153. The highest BCUT2D eigenvalue weighted by molar-refractivity contribution is 7.27. The summed E-state index contributed by atoms with van der Waals surface area (Å²) in [6.07, 6.45) is -9.21. The van der Waals surface area contributed by atoms with E-state index in [0.29, 0.717) is 65.1 Å². The van der Waals surface area contributed by atoms with E-state index < -0.39 is 45.9 Å². The minimum absolute atomic E-state index is 0.103. The van der Waals surface area contributed by atoms with E-state index in [1.54, 1.807) is 36.4 Å². The van der Waals surface area contributed by atoms with Crippen LogP contribution in [0.5, 0.6) is 0 Å². The van der Waals surface area contributed by atoms with E-state index in [1.165, 1.54) is 36.4 Å². The predicted molar refractivity (Wildman–Crippen MR) is 301 cm³/mol. The van der Waals surface area contributed by atoms with Gasteiger partial charge in [0.05, 0.1) is 37.3 Å². The minimum Gasteiger partial charge on any atom is -0.309 e. The van der Waals surface area contributed by atoms with Crippen molar-refractivity contribution in [2.75, 3.05) is 9.80 Å². The molecule has 0 saturated carbocycles. The van der Waals surface area contributed by atoms with E-state index in [9.17, 15) is 26.3 Å². The molecule has 0 N–H and O–H groups in total. The lowest BCUT2D eigenvalue weighted by atomic mass is 9.55. The monoisotopic (exact) mass is 1080 g/mol. The van der Waals surface area contributed by atoms with Gasteiger partial charge in [0.25, 0.3) is 0 Å². The highest BCUT2D eigenvalue weighted by Crippen LogP contribution is 2.64. The average molecular weight is 1080 g/mol. The molecule has 0 atom stereocenters. The van der Waals surface area contributed by atoms with Gasteiger partial charge >= 0.3 is 12.4 Å². The van der Waals surface area contributed by atoms with Crippen molar-refractivity contribution in [3.05, 3.63) is 262 Å². The van der Waals surface area contributed by atoms with E-state index >= 15 is 8.78 Å². The second-order valence-corrected chi connectivity index (χ2v) is 22.5. The molecular formula is C66H40F8N2S2. The second-order valence-electron chi connectivity index (χ2n) is 20.4. The number of rotatable bonds is 6. The van der Waals surface area contributed by atoms with Crippen LogP contribution in [0.2, 0.25) is 0 Å². The summed E-state index contributed by atoms with van der Waals surface area (Å²) < 4.78 is 121. The number of halogens is 8. The minimum atomic E-state index is -4.60. The molecule has 1 spiro atoms. The van der Waals surface area contributed by atoms with Crippen molar-refractivity contribution in [1.29, 1.82) is 0 Å². The standard InChI is InChI=1S/C66H40F8N2S2/c1-63(2)49-21-3-5-23-51(49)64(52-24-6-4-22-50(52)63)55-35-41(75(39-15-7-13-37(67)33-39)57-27-11-19-47-45-17-9-25-53(65(69,70)71)59(45)77-61(47)57)29-31-43(55)44-32-30-42(36-56(44)64)76(40-16-8-14-38(68)34-40)58-28-12-20-48-46-18-10-26-54(66(72,73)74)60(46)78-62(48)58/h3-36H,1-2H3. The number of fused-ring (bicyclic) bond motifs is 15. The maximum absolute atomic E-state index is 15.7. The summed E-state index contributed by atoms with van der Waals surface area (Å²) >= 11 is 2.11. The Labute approximate surface area is 450 Å². The van der Waals surface area contributed by atoms with Crippen molar-refractivity contribution in [2.45, 2.75) is 37.0 Å². The third-order valence-corrected chi connectivity index (χ3v) is 18.4. The summed E-state index contributed by atoms with van der Waals surface area (Å²) in [6.45, 7) is 4.43. The van der Waals surface area contributed by atoms with Gasteiger partial charge in [-0.1, -0.05) is 135 Å². The molecule has 14 rings (SSSR count). The Bertz CT molecular complexity index is 4190. The van der Waals surface area contributed by atoms with Gasteiger partial charge in [-0.05, 0) is 129 Å². The van der Waals surface area contributed by atoms with E-state index in [-0.39, 0.29) is 9.40 Å². The van der Waals surface area contributed by atoms with Crippen LogP contribution in [0.4, 0.5) is 69.2 Å². The fourth-order valence-corrected chi connectivity index (χ4v) is 15.3. The zero-order chi connectivity index (χ0) is 53.6. The average Bonchev–Trinajstić information content (AvgIpc) is 2.94. The van der Waals surface area contributed by atoms with Crippen LogP contribution in [0.25, 0.3) is 51.5 Å². The smallest absolute Gasteiger partial charge is 0.309 e. The van der Waals surface area contributed by atoms with Gasteiger partial charge in [0.1, 0.15) is 11.6 Å². The molecule has 12 heteroatoms. The molecule has 2 aromatic heterocycles. The van der Waals surface area contributed by atoms with Crippen LogP contribution in [0, 0.1) is 11.6 Å². The first-order valence-corrected chi connectivity index (χ1v) is 26.8. The first kappa shape index (κ1) is 48.1. The lowest BCUT2D eigenvalue weighted by Gasteiger charge is -2.47. The van der Waals surface area contributed by atoms with Crippen molar-refractivity contribution < 1.29 is 35.1 Å². The van der Waals surface area contributed by atoms with Crippen molar-refractivity contribution in [3.8, 4) is 11.1 Å². The number of hydrogen-bond acceptors (Lipinski definition) is 4. The molecular weight excluding hydrogens is 1040 g/mol. The summed E-state index contributed by atoms with van der Waals surface area (Å²) in [4.78, 5) is 3.84. The third kappa shape index (κ3) is 6.98. The molecule has 0 saturated heterocycles. The van der Waals surface area contributed by atoms with Crippen LogP contribution < -0.4 is 9.80 Å². The van der Waals surface area contributed by atoms with Crippen molar-refractivity contribution in [3.63, 3.8) is 0 Å². The van der Waals surface area contributed by atoms with Crippen LogP contribution >= 0.6 is 22.7 Å². The van der Waals surface area contributed by atoms with Gasteiger partial charge in [-0.15, -0.1) is 22.7 Å². The van der Waals surface area contributed by atoms with Crippen LogP contribution in [0.3, 0.4) is 0 Å². The summed E-state index contributed by atoms with van der Waals surface area (Å²) in [5, 5.41) is 2.19. The number of hydrogen-bond donors (Lipinski definition) is 0. The highest BCUT2D eigenvalue weighted by atomic mass is 32.1. The maximum atomic E-state index is 15.7. The Kier molecular flexibility index (Phi) is 10.5. The summed E-state index contributed by atoms with van der Waals surface area (Å²) in [7, 11) is 0. The zero-order valence-corrected chi connectivity index (χ0v) is 43.0. The largest absolute Gasteiger partial charge is 0.417 e. The topological polar surface area (TPSA) is 6.48 Å². The first-order valence-electron chi connectivity index (χ1n) is 25.2. The Balaban J connectivity index is 1.05. The Morgan fingerprint density at radius 1 is 0.346 bits per heavy atom. The van der Waals surface area contributed by atoms with Gasteiger partial charge in [0, 0.05) is 59.1 Å². The number of benzene rings is 10. The van der Waals surface area contributed by atoms with Gasteiger partial charge in [0.15, 0.2) is 0 Å². The fraction of sp³-hybridized carbons (Fsp3) is 0.0909. The van der Waals surface area contributed by atoms with Crippen molar-refractivity contribution in [2.24, 2.45) is 0 Å². The summed E-state index contributed by atoms with van der Waals surface area (Å²) in [5.41, 5.74) is 8.06. The maximum Gasteiger partial charge on any atom is 0.417 e. The Morgan fingerprint density at radius 2 is 0.705 bits per heavy atom. The molecule has 2 aliphatic rings. The molecule has 0 aliphatic heterocycles. The Morgan fingerprint density at radius 3 is 1.10 bits per heavy atom. The van der Waals surface area contributed by atoms with Gasteiger partial charge in [-0.25, -0.2) is 8.78 Å². The lowest BCUT2D eigenvalue weighted by molar-refractivity contribution is -0.137. The molecule has 0 amide bonds. The van der Waals surface area contributed by atoms with Crippen LogP contribution in [0.1, 0.15) is 58.4 Å². The Hall–Kier alpha value is -8.32. The SMILES string of the molecule is CC1(C)c2ccccc2C2(c3cc(N(c4cccc(F)c4)c4cccc5c4sc4c(C(F)(F)F)cccc45)ccc3-c3ccc(N(c4cccc(F)c4)c4cccc5c4sc4c(C(F)(F)F)cccc45)cc32)c2ccccc21. The van der Waals surface area contributed by atoms with Crippen molar-refractivity contribution >= 4 is 97.1 Å². The number of nitrogens with zero attached hydrogens (tertiary/aromatic N) is 2. The third-order valence-electron chi connectivity index (χ3n) is 15.9. The van der Waals surface area contributed by atoms with Crippen LogP contribution in [-0.2, 0) is 23.2 Å². The number of anilines is 6. The van der Waals surface area contributed by atoms with E-state index in [4.69, 9.17) is 0 Å². The molecule has 2 nitrogen and oxygen atoms in total. The first-order chi connectivity index (χ1) is 37.5. The van der Waals surface area contributed by atoms with Crippen LogP contribution in [-0.4, -0.2) is 0 Å². The summed E-state index contributed by atoms with van der Waals surface area (Å²) in [6, 6.07) is 60.9. The molecule has 0 radical (unpaired) electrons. The van der Waals surface area contributed by atoms with E-state index in [0.717, 1.165) is 79.3 Å². The van der Waals surface area contributed by atoms with E-state index in [1.807, 2.05) is 82.6 Å². The number of thiophene rings is 2. The highest BCUT2D eigenvalue weighted by Gasteiger charge is 2.54. The lowest BCUT2D eigenvalue weighted by Crippen LogP contribution is -2.40. The van der Waals surface area contributed by atoms with Gasteiger partial charge < -0.3 is 9.80 Å². The second kappa shape index (κ2) is 17.1. The molecule has 2 aliphatic carbocycles. The van der Waals surface area contributed by atoms with Gasteiger partial charge in [-0.2, -0.15) is 26.3 Å². The molecule has 10 aromatic carbocycles. The molecule has 2 heterocycles. The molecule has 0 unspecified atom stereocenters. The molecule has 0 fully saturated rings. The van der Waals surface area contributed by atoms with E-state index in [2.05, 4.69) is 62.4 Å². The predicted octanol–water partition coefficient (Wildman–Crippen LogP) is 20.7. The van der Waals surface area contributed by atoms with Gasteiger partial charge in [0.2, 0.25) is 0 Å². The van der Waals surface area contributed by atoms with Crippen molar-refractivity contribution in [1.82, 2.24) is 0 Å². The summed E-state index contributed by atoms with van der Waals surface area (Å²) in [5.74, 6) is -0.990. The normalized spacial score (nSPS) is 14.2. The fourth-order valence-electron chi connectivity index (χ4n) is 12.7.